The molecular formula is C24H30N2O5. The third kappa shape index (κ3) is 5.48. The van der Waals surface area contributed by atoms with Crippen LogP contribution in [0.25, 0.3) is 0 Å². The number of ketones is 1. The molecule has 31 heavy (non-hydrogen) atoms. The Morgan fingerprint density at radius 2 is 1.48 bits per heavy atom. The van der Waals surface area contributed by atoms with Crippen LogP contribution >= 0.6 is 0 Å². The number of rotatable bonds is 5. The van der Waals surface area contributed by atoms with Crippen LogP contribution in [-0.2, 0) is 4.74 Å². The molecule has 166 valence electrons. The fourth-order valence-electron chi connectivity index (χ4n) is 3.46. The van der Waals surface area contributed by atoms with Gasteiger partial charge < -0.3 is 24.0 Å². The third-order valence-corrected chi connectivity index (χ3v) is 5.05. The molecule has 0 radical (unpaired) electrons. The number of carbonyl (C=O) groups is 2. The smallest absolute Gasteiger partial charge is 0.410 e. The van der Waals surface area contributed by atoms with Crippen LogP contribution in [0, 0.1) is 0 Å². The summed E-state index contributed by atoms with van der Waals surface area (Å²) in [4.78, 5) is 29.2. The van der Waals surface area contributed by atoms with Gasteiger partial charge in [-0.2, -0.15) is 0 Å². The minimum atomic E-state index is -0.507. The highest BCUT2D eigenvalue weighted by Crippen LogP contribution is 2.29. The number of methoxy groups -OCH3 is 2. The van der Waals surface area contributed by atoms with Crippen molar-refractivity contribution < 1.29 is 23.8 Å². The van der Waals surface area contributed by atoms with Crippen molar-refractivity contribution in [3.05, 3.63) is 53.6 Å². The first-order valence-corrected chi connectivity index (χ1v) is 10.3. The van der Waals surface area contributed by atoms with Crippen LogP contribution in [0.15, 0.2) is 42.5 Å². The molecule has 0 N–H and O–H groups in total. The van der Waals surface area contributed by atoms with Crippen LogP contribution in [0.3, 0.4) is 0 Å². The number of anilines is 1. The molecule has 2 aromatic carbocycles. The van der Waals surface area contributed by atoms with E-state index in [2.05, 4.69) is 4.90 Å². The Bertz CT molecular complexity index is 943. The van der Waals surface area contributed by atoms with E-state index in [9.17, 15) is 9.59 Å². The van der Waals surface area contributed by atoms with E-state index in [1.54, 1.807) is 43.4 Å². The van der Waals surface area contributed by atoms with Gasteiger partial charge in [0.2, 0.25) is 0 Å². The van der Waals surface area contributed by atoms with Crippen molar-refractivity contribution >= 4 is 17.6 Å². The van der Waals surface area contributed by atoms with E-state index in [4.69, 9.17) is 14.2 Å². The first-order chi connectivity index (χ1) is 14.7. The lowest BCUT2D eigenvalue weighted by Crippen LogP contribution is -2.50. The number of hydrogen-bond donors (Lipinski definition) is 0. The van der Waals surface area contributed by atoms with Crippen molar-refractivity contribution in [2.75, 3.05) is 45.3 Å². The number of piperazine rings is 1. The summed E-state index contributed by atoms with van der Waals surface area (Å²) in [5.74, 6) is 1.01. The van der Waals surface area contributed by atoms with Gasteiger partial charge in [-0.05, 0) is 51.1 Å². The summed E-state index contributed by atoms with van der Waals surface area (Å²) in [7, 11) is 3.11. The second-order valence-corrected chi connectivity index (χ2v) is 8.40. The third-order valence-electron chi connectivity index (χ3n) is 5.05. The standard InChI is InChI=1S/C24H30N2O5/c1-24(2,3)31-23(28)26-13-11-25(12-14-26)19-8-6-7-17(15-19)22(27)18-9-10-20(29-4)21(16-18)30-5/h6-10,15-16H,11-14H2,1-5H3. The second kappa shape index (κ2) is 9.29. The largest absolute Gasteiger partial charge is 0.493 e. The lowest BCUT2D eigenvalue weighted by molar-refractivity contribution is 0.0240. The van der Waals surface area contributed by atoms with Gasteiger partial charge in [-0.15, -0.1) is 0 Å². The van der Waals surface area contributed by atoms with E-state index < -0.39 is 5.60 Å². The predicted molar refractivity (Wildman–Crippen MR) is 119 cm³/mol. The van der Waals surface area contributed by atoms with Crippen LogP contribution in [0.2, 0.25) is 0 Å². The van der Waals surface area contributed by atoms with Crippen molar-refractivity contribution in [1.29, 1.82) is 0 Å². The Hall–Kier alpha value is -3.22. The summed E-state index contributed by atoms with van der Waals surface area (Å²) in [5.41, 5.74) is 1.58. The maximum atomic E-state index is 13.0. The normalized spacial score (nSPS) is 14.2. The Morgan fingerprint density at radius 1 is 0.839 bits per heavy atom. The van der Waals surface area contributed by atoms with Crippen LogP contribution in [-0.4, -0.2) is 62.8 Å². The molecule has 7 heteroatoms. The summed E-state index contributed by atoms with van der Waals surface area (Å²) in [5, 5.41) is 0. The first-order valence-electron chi connectivity index (χ1n) is 10.3. The molecule has 7 nitrogen and oxygen atoms in total. The summed E-state index contributed by atoms with van der Waals surface area (Å²) in [6.07, 6.45) is -0.287. The van der Waals surface area contributed by atoms with Crippen LogP contribution in [0.1, 0.15) is 36.7 Å². The lowest BCUT2D eigenvalue weighted by Gasteiger charge is -2.36. The molecule has 1 fully saturated rings. The highest BCUT2D eigenvalue weighted by Gasteiger charge is 2.26. The number of amides is 1. The van der Waals surface area contributed by atoms with E-state index >= 15 is 0 Å². The maximum absolute atomic E-state index is 13.0. The molecule has 1 amide bonds. The number of ether oxygens (including phenoxy) is 3. The van der Waals surface area contributed by atoms with Crippen LogP contribution in [0.4, 0.5) is 10.5 Å². The summed E-state index contributed by atoms with van der Waals surface area (Å²) in [6.45, 7) is 8.08. The number of carbonyl (C=O) groups excluding carboxylic acids is 2. The van der Waals surface area contributed by atoms with Gasteiger partial charge in [0.05, 0.1) is 14.2 Å². The quantitative estimate of drug-likeness (QED) is 0.674. The molecule has 2 aromatic rings. The average molecular weight is 427 g/mol. The van der Waals surface area contributed by atoms with Gasteiger partial charge >= 0.3 is 6.09 Å². The van der Waals surface area contributed by atoms with E-state index in [0.717, 1.165) is 5.69 Å². The molecule has 1 saturated heterocycles. The molecular weight excluding hydrogens is 396 g/mol. The fraction of sp³-hybridized carbons (Fsp3) is 0.417. The van der Waals surface area contributed by atoms with E-state index in [1.165, 1.54) is 0 Å². The van der Waals surface area contributed by atoms with Crippen molar-refractivity contribution in [1.82, 2.24) is 4.90 Å². The minimum absolute atomic E-state index is 0.0878. The summed E-state index contributed by atoms with van der Waals surface area (Å²) < 4.78 is 16.0. The maximum Gasteiger partial charge on any atom is 0.410 e. The van der Waals surface area contributed by atoms with E-state index in [1.807, 2.05) is 39.0 Å². The highest BCUT2D eigenvalue weighted by atomic mass is 16.6. The highest BCUT2D eigenvalue weighted by molar-refractivity contribution is 6.09. The predicted octanol–water partition coefficient (Wildman–Crippen LogP) is 3.99. The zero-order chi connectivity index (χ0) is 22.6. The summed E-state index contributed by atoms with van der Waals surface area (Å²) in [6, 6.07) is 12.7. The van der Waals surface area contributed by atoms with Crippen LogP contribution < -0.4 is 14.4 Å². The van der Waals surface area contributed by atoms with Gasteiger partial charge in [-0.1, -0.05) is 12.1 Å². The number of hydrogen-bond acceptors (Lipinski definition) is 6. The number of benzene rings is 2. The van der Waals surface area contributed by atoms with Gasteiger partial charge in [0, 0.05) is 43.0 Å². The fourth-order valence-corrected chi connectivity index (χ4v) is 3.46. The first kappa shape index (κ1) is 22.5. The average Bonchev–Trinajstić information content (AvgIpc) is 2.77. The molecule has 0 saturated carbocycles. The van der Waals surface area contributed by atoms with Gasteiger partial charge in [0.25, 0.3) is 0 Å². The Balaban J connectivity index is 1.70. The van der Waals surface area contributed by atoms with Crippen molar-refractivity contribution in [3.63, 3.8) is 0 Å². The molecule has 0 atom stereocenters. The molecule has 0 spiro atoms. The Kier molecular flexibility index (Phi) is 6.73. The van der Waals surface area contributed by atoms with Crippen molar-refractivity contribution in [3.8, 4) is 11.5 Å². The zero-order valence-corrected chi connectivity index (χ0v) is 18.8. The molecule has 1 aliphatic heterocycles. The Labute approximate surface area is 183 Å². The molecule has 0 unspecified atom stereocenters. The molecule has 3 rings (SSSR count). The van der Waals surface area contributed by atoms with Crippen LogP contribution in [0.5, 0.6) is 11.5 Å². The van der Waals surface area contributed by atoms with E-state index in [0.29, 0.717) is 48.8 Å². The molecule has 0 bridgehead atoms. The Morgan fingerprint density at radius 3 is 2.10 bits per heavy atom. The van der Waals surface area contributed by atoms with Gasteiger partial charge in [-0.3, -0.25) is 4.79 Å². The molecule has 0 aliphatic carbocycles. The molecule has 0 aromatic heterocycles. The SMILES string of the molecule is COc1ccc(C(=O)c2cccc(N3CCN(C(=O)OC(C)(C)C)CC3)c2)cc1OC. The van der Waals surface area contributed by atoms with Gasteiger partial charge in [-0.25, -0.2) is 4.79 Å². The van der Waals surface area contributed by atoms with Crippen molar-refractivity contribution in [2.45, 2.75) is 26.4 Å². The number of nitrogens with zero attached hydrogens (tertiary/aromatic N) is 2. The zero-order valence-electron chi connectivity index (χ0n) is 18.8. The summed E-state index contributed by atoms with van der Waals surface area (Å²) >= 11 is 0. The molecule has 1 heterocycles. The lowest BCUT2D eigenvalue weighted by atomic mass is 10.0. The monoisotopic (exact) mass is 426 g/mol. The second-order valence-electron chi connectivity index (χ2n) is 8.40. The van der Waals surface area contributed by atoms with Gasteiger partial charge in [0.15, 0.2) is 17.3 Å². The molecule has 1 aliphatic rings. The van der Waals surface area contributed by atoms with E-state index in [-0.39, 0.29) is 11.9 Å². The minimum Gasteiger partial charge on any atom is -0.493 e. The topological polar surface area (TPSA) is 68.3 Å². The van der Waals surface area contributed by atoms with Gasteiger partial charge in [0.1, 0.15) is 5.60 Å². The van der Waals surface area contributed by atoms with Crippen molar-refractivity contribution in [2.24, 2.45) is 0 Å².